The summed E-state index contributed by atoms with van der Waals surface area (Å²) >= 11 is 6.00. The molecule has 0 radical (unpaired) electrons. The molecule has 1 saturated heterocycles. The quantitative estimate of drug-likeness (QED) is 0.872. The minimum absolute atomic E-state index is 0.252. The first-order valence-corrected chi connectivity index (χ1v) is 7.07. The molecule has 0 aromatic carbocycles. The highest BCUT2D eigenvalue weighted by molar-refractivity contribution is 6.31. The van der Waals surface area contributed by atoms with Crippen LogP contribution >= 0.6 is 11.6 Å². The molecule has 6 nitrogen and oxygen atoms in total. The molecule has 3 rings (SSSR count). The van der Waals surface area contributed by atoms with E-state index in [0.717, 1.165) is 12.8 Å². The van der Waals surface area contributed by atoms with Crippen LogP contribution in [-0.2, 0) is 4.79 Å². The van der Waals surface area contributed by atoms with Crippen LogP contribution in [0.3, 0.4) is 0 Å². The fraction of sp³-hybridized carbons (Fsp3) is 0.538. The Kier molecular flexibility index (Phi) is 3.43. The van der Waals surface area contributed by atoms with Gasteiger partial charge in [-0.05, 0) is 18.9 Å². The number of nitrogens with one attached hydrogen (secondary N) is 1. The van der Waals surface area contributed by atoms with Crippen LogP contribution in [0.4, 0.5) is 0 Å². The number of carbonyl (C=O) groups excluding carboxylic acids is 1. The second-order valence-corrected chi connectivity index (χ2v) is 5.68. The van der Waals surface area contributed by atoms with E-state index in [4.69, 9.17) is 11.6 Å². The van der Waals surface area contributed by atoms with Crippen molar-refractivity contribution in [3.8, 4) is 0 Å². The first-order valence-electron chi connectivity index (χ1n) is 6.70. The molecule has 0 bridgehead atoms. The molecule has 1 aliphatic carbocycles. The zero-order valence-electron chi connectivity index (χ0n) is 10.9. The molecule has 1 amide bonds. The van der Waals surface area contributed by atoms with E-state index in [1.54, 1.807) is 12.3 Å². The van der Waals surface area contributed by atoms with Gasteiger partial charge in [0.1, 0.15) is 11.7 Å². The molecule has 2 fully saturated rings. The SMILES string of the molecule is O=C(O)C1CNCCN1C(=O)c1cc(Cl)cn1C1CC1. The van der Waals surface area contributed by atoms with Gasteiger partial charge in [0.05, 0.1) is 5.02 Å². The van der Waals surface area contributed by atoms with Crippen molar-refractivity contribution in [1.29, 1.82) is 0 Å². The number of aliphatic carboxylic acids is 1. The third-order valence-electron chi connectivity index (χ3n) is 3.76. The third-order valence-corrected chi connectivity index (χ3v) is 3.97. The van der Waals surface area contributed by atoms with Gasteiger partial charge < -0.3 is 19.9 Å². The first-order chi connectivity index (χ1) is 9.58. The Morgan fingerprint density at radius 1 is 1.40 bits per heavy atom. The summed E-state index contributed by atoms with van der Waals surface area (Å²) in [5, 5.41) is 12.7. The van der Waals surface area contributed by atoms with Crippen LogP contribution in [0.25, 0.3) is 0 Å². The lowest BCUT2D eigenvalue weighted by Crippen LogP contribution is -2.57. The first kappa shape index (κ1) is 13.5. The van der Waals surface area contributed by atoms with E-state index >= 15 is 0 Å². The van der Waals surface area contributed by atoms with Gasteiger partial charge in [0, 0.05) is 31.9 Å². The average molecular weight is 298 g/mol. The predicted molar refractivity (Wildman–Crippen MR) is 73.0 cm³/mol. The normalized spacial score (nSPS) is 22.9. The molecule has 2 aliphatic rings. The van der Waals surface area contributed by atoms with Crippen LogP contribution in [0.5, 0.6) is 0 Å². The number of amides is 1. The van der Waals surface area contributed by atoms with Gasteiger partial charge in [-0.2, -0.15) is 0 Å². The molecule has 1 atom stereocenters. The highest BCUT2D eigenvalue weighted by Gasteiger charge is 2.35. The van der Waals surface area contributed by atoms with Crippen molar-refractivity contribution >= 4 is 23.5 Å². The number of nitrogens with zero attached hydrogens (tertiary/aromatic N) is 2. The van der Waals surface area contributed by atoms with Gasteiger partial charge in [0.2, 0.25) is 0 Å². The molecule has 2 N–H and O–H groups in total. The van der Waals surface area contributed by atoms with Crippen LogP contribution < -0.4 is 5.32 Å². The number of carboxylic acids is 1. The Hall–Kier alpha value is -1.53. The topological polar surface area (TPSA) is 74.6 Å². The molecule has 0 spiro atoms. The zero-order valence-corrected chi connectivity index (χ0v) is 11.6. The van der Waals surface area contributed by atoms with Crippen molar-refractivity contribution in [2.24, 2.45) is 0 Å². The standard InChI is InChI=1S/C13H16ClN3O3/c14-8-5-10(17(7-8)9-1-2-9)12(18)16-4-3-15-6-11(16)13(19)20/h5,7,9,11,15H,1-4,6H2,(H,19,20). The molecular formula is C13H16ClN3O3. The van der Waals surface area contributed by atoms with Crippen molar-refractivity contribution in [3.63, 3.8) is 0 Å². The van der Waals surface area contributed by atoms with E-state index in [-0.39, 0.29) is 12.5 Å². The van der Waals surface area contributed by atoms with Crippen LogP contribution in [0.1, 0.15) is 29.4 Å². The Labute approximate surface area is 121 Å². The fourth-order valence-corrected chi connectivity index (χ4v) is 2.80. The highest BCUT2D eigenvalue weighted by atomic mass is 35.5. The zero-order chi connectivity index (χ0) is 14.3. The molecule has 7 heteroatoms. The molecule has 2 heterocycles. The minimum Gasteiger partial charge on any atom is -0.480 e. The summed E-state index contributed by atoms with van der Waals surface area (Å²) in [5.74, 6) is -1.24. The van der Waals surface area contributed by atoms with Gasteiger partial charge in [0.25, 0.3) is 5.91 Å². The summed E-state index contributed by atoms with van der Waals surface area (Å²) in [4.78, 5) is 25.3. The smallest absolute Gasteiger partial charge is 0.327 e. The molecule has 108 valence electrons. The van der Waals surface area contributed by atoms with Crippen molar-refractivity contribution in [3.05, 3.63) is 23.0 Å². The molecule has 1 aromatic rings. The van der Waals surface area contributed by atoms with E-state index in [0.29, 0.717) is 29.8 Å². The highest BCUT2D eigenvalue weighted by Crippen LogP contribution is 2.37. The van der Waals surface area contributed by atoms with Crippen LogP contribution in [0, 0.1) is 0 Å². The van der Waals surface area contributed by atoms with E-state index in [9.17, 15) is 14.7 Å². The van der Waals surface area contributed by atoms with Crippen molar-refractivity contribution < 1.29 is 14.7 Å². The summed E-state index contributed by atoms with van der Waals surface area (Å²) in [6.07, 6.45) is 3.83. The van der Waals surface area contributed by atoms with Gasteiger partial charge in [-0.3, -0.25) is 4.79 Å². The van der Waals surface area contributed by atoms with Gasteiger partial charge in [0.15, 0.2) is 0 Å². The average Bonchev–Trinajstić information content (AvgIpc) is 3.21. The monoisotopic (exact) mass is 297 g/mol. The summed E-state index contributed by atoms with van der Waals surface area (Å²) in [7, 11) is 0. The van der Waals surface area contributed by atoms with Crippen molar-refractivity contribution in [2.75, 3.05) is 19.6 Å². The molecule has 1 aromatic heterocycles. The summed E-state index contributed by atoms with van der Waals surface area (Å²) < 4.78 is 1.88. The predicted octanol–water partition coefficient (Wildman–Crippen LogP) is 0.975. The Morgan fingerprint density at radius 3 is 2.80 bits per heavy atom. The maximum atomic E-state index is 12.6. The number of carboxylic acid groups (broad SMARTS) is 1. The Bertz CT molecular complexity index is 553. The summed E-state index contributed by atoms with van der Waals surface area (Å²) in [6.45, 7) is 1.27. The van der Waals surface area contributed by atoms with Crippen molar-refractivity contribution in [1.82, 2.24) is 14.8 Å². The maximum absolute atomic E-state index is 12.6. The van der Waals surface area contributed by atoms with Gasteiger partial charge in [-0.1, -0.05) is 11.6 Å². The van der Waals surface area contributed by atoms with Gasteiger partial charge in [-0.15, -0.1) is 0 Å². The number of aromatic nitrogens is 1. The lowest BCUT2D eigenvalue weighted by Gasteiger charge is -2.33. The lowest BCUT2D eigenvalue weighted by atomic mass is 10.1. The summed E-state index contributed by atoms with van der Waals surface area (Å²) in [6, 6.07) is 1.13. The van der Waals surface area contributed by atoms with E-state index < -0.39 is 12.0 Å². The molecule has 1 saturated carbocycles. The number of hydrogen-bond acceptors (Lipinski definition) is 3. The van der Waals surface area contributed by atoms with Crippen molar-refractivity contribution in [2.45, 2.75) is 24.9 Å². The van der Waals surface area contributed by atoms with Crippen LogP contribution in [0.15, 0.2) is 12.3 Å². The minimum atomic E-state index is -0.985. The second-order valence-electron chi connectivity index (χ2n) is 5.24. The molecule has 1 unspecified atom stereocenters. The number of halogens is 1. The Balaban J connectivity index is 1.89. The summed E-state index contributed by atoms with van der Waals surface area (Å²) in [5.41, 5.74) is 0.491. The number of rotatable bonds is 3. The number of carbonyl (C=O) groups is 2. The van der Waals surface area contributed by atoms with Crippen LogP contribution in [0.2, 0.25) is 5.02 Å². The van der Waals surface area contributed by atoms with E-state index in [1.165, 1.54) is 4.90 Å². The second kappa shape index (κ2) is 5.10. The third kappa shape index (κ3) is 2.41. The number of hydrogen-bond donors (Lipinski definition) is 2. The van der Waals surface area contributed by atoms with Gasteiger partial charge in [-0.25, -0.2) is 4.79 Å². The molecule has 1 aliphatic heterocycles. The van der Waals surface area contributed by atoms with E-state index in [2.05, 4.69) is 5.32 Å². The van der Waals surface area contributed by atoms with Gasteiger partial charge >= 0.3 is 5.97 Å². The number of piperazine rings is 1. The maximum Gasteiger partial charge on any atom is 0.327 e. The lowest BCUT2D eigenvalue weighted by molar-refractivity contribution is -0.142. The fourth-order valence-electron chi connectivity index (χ4n) is 2.59. The largest absolute Gasteiger partial charge is 0.480 e. The van der Waals surface area contributed by atoms with Crippen LogP contribution in [-0.4, -0.2) is 52.1 Å². The molecule has 20 heavy (non-hydrogen) atoms. The Morgan fingerprint density at radius 2 is 2.15 bits per heavy atom. The van der Waals surface area contributed by atoms with E-state index in [1.807, 2.05) is 4.57 Å². The molecular weight excluding hydrogens is 282 g/mol.